The summed E-state index contributed by atoms with van der Waals surface area (Å²) < 4.78 is 39.5. The number of hydrogen-bond donors (Lipinski definition) is 1. The molecule has 0 saturated heterocycles. The molecule has 8 heteroatoms. The number of hydrogen-bond acceptors (Lipinski definition) is 4. The molecule has 158 valence electrons. The summed E-state index contributed by atoms with van der Waals surface area (Å²) in [6.45, 7) is 2.01. The molecule has 0 aliphatic carbocycles. The third-order valence-corrected chi connectivity index (χ3v) is 5.60. The standard InChI is InChI=1S/C23H19F3N4O/c24-23(25,26)18-7-8-21(27-12-18)30-22(31)19-14-29(10-9-20(19)28-30)13-15-5-6-16-3-1-2-4-17(16)11-15/h1-8,11-12,31H,9-10,13-14H2. The highest BCUT2D eigenvalue weighted by atomic mass is 19.4. The molecule has 0 bridgehead atoms. The van der Waals surface area contributed by atoms with Gasteiger partial charge < -0.3 is 5.11 Å². The lowest BCUT2D eigenvalue weighted by atomic mass is 10.0. The maximum absolute atomic E-state index is 12.8. The molecule has 4 aromatic rings. The lowest BCUT2D eigenvalue weighted by Gasteiger charge is -2.26. The fraction of sp³-hybridized carbons (Fsp3) is 0.217. The second kappa shape index (κ2) is 7.39. The minimum absolute atomic E-state index is 0.0783. The van der Waals surface area contributed by atoms with E-state index in [1.165, 1.54) is 27.1 Å². The molecule has 2 aromatic heterocycles. The third-order valence-electron chi connectivity index (χ3n) is 5.60. The van der Waals surface area contributed by atoms with Gasteiger partial charge in [-0.3, -0.25) is 4.90 Å². The van der Waals surface area contributed by atoms with Crippen molar-refractivity contribution in [2.24, 2.45) is 0 Å². The first kappa shape index (κ1) is 19.6. The zero-order valence-electron chi connectivity index (χ0n) is 16.5. The van der Waals surface area contributed by atoms with Crippen molar-refractivity contribution < 1.29 is 18.3 Å². The molecular weight excluding hydrogens is 405 g/mol. The highest BCUT2D eigenvalue weighted by Crippen LogP contribution is 2.32. The first-order chi connectivity index (χ1) is 14.9. The van der Waals surface area contributed by atoms with E-state index < -0.39 is 11.7 Å². The highest BCUT2D eigenvalue weighted by molar-refractivity contribution is 5.82. The van der Waals surface area contributed by atoms with Gasteiger partial charge in [0.2, 0.25) is 5.88 Å². The lowest BCUT2D eigenvalue weighted by molar-refractivity contribution is -0.137. The summed E-state index contributed by atoms with van der Waals surface area (Å²) in [7, 11) is 0. The zero-order chi connectivity index (χ0) is 21.6. The number of fused-ring (bicyclic) bond motifs is 2. The molecule has 31 heavy (non-hydrogen) atoms. The van der Waals surface area contributed by atoms with Crippen LogP contribution in [-0.2, 0) is 25.7 Å². The van der Waals surface area contributed by atoms with Gasteiger partial charge in [-0.15, -0.1) is 0 Å². The van der Waals surface area contributed by atoms with Crippen LogP contribution in [0.5, 0.6) is 5.88 Å². The van der Waals surface area contributed by atoms with Crippen LogP contribution in [0.1, 0.15) is 22.4 Å². The van der Waals surface area contributed by atoms with Crippen LogP contribution in [0, 0.1) is 0 Å². The van der Waals surface area contributed by atoms with Crippen LogP contribution in [0.4, 0.5) is 13.2 Å². The average Bonchev–Trinajstić information content (AvgIpc) is 3.09. The van der Waals surface area contributed by atoms with E-state index in [1.807, 2.05) is 12.1 Å². The highest BCUT2D eigenvalue weighted by Gasteiger charge is 2.31. The monoisotopic (exact) mass is 424 g/mol. The Bertz CT molecular complexity index is 1250. The molecule has 1 aliphatic rings. The van der Waals surface area contributed by atoms with Crippen molar-refractivity contribution in [3.63, 3.8) is 0 Å². The van der Waals surface area contributed by atoms with E-state index in [0.29, 0.717) is 18.5 Å². The van der Waals surface area contributed by atoms with Gasteiger partial charge in [0.1, 0.15) is 0 Å². The van der Waals surface area contributed by atoms with E-state index in [-0.39, 0.29) is 11.7 Å². The van der Waals surface area contributed by atoms with Gasteiger partial charge in [-0.05, 0) is 34.5 Å². The number of benzene rings is 2. The molecule has 1 N–H and O–H groups in total. The topological polar surface area (TPSA) is 54.2 Å². The molecule has 3 heterocycles. The molecular formula is C23H19F3N4O. The summed E-state index contributed by atoms with van der Waals surface area (Å²) in [6.07, 6.45) is -3.06. The van der Waals surface area contributed by atoms with E-state index in [0.717, 1.165) is 31.0 Å². The molecule has 0 amide bonds. The van der Waals surface area contributed by atoms with Crippen molar-refractivity contribution in [3.8, 4) is 11.7 Å². The molecule has 0 spiro atoms. The summed E-state index contributed by atoms with van der Waals surface area (Å²) in [4.78, 5) is 6.06. The van der Waals surface area contributed by atoms with Crippen LogP contribution in [-0.4, -0.2) is 31.3 Å². The van der Waals surface area contributed by atoms with Crippen molar-refractivity contribution in [1.82, 2.24) is 19.7 Å². The van der Waals surface area contributed by atoms with Crippen LogP contribution in [0.25, 0.3) is 16.6 Å². The van der Waals surface area contributed by atoms with Gasteiger partial charge in [0.05, 0.1) is 16.8 Å². The third kappa shape index (κ3) is 3.74. The van der Waals surface area contributed by atoms with Crippen molar-refractivity contribution in [2.75, 3.05) is 6.54 Å². The average molecular weight is 424 g/mol. The predicted molar refractivity (Wildman–Crippen MR) is 110 cm³/mol. The van der Waals surface area contributed by atoms with E-state index in [2.05, 4.69) is 45.3 Å². The Morgan fingerprint density at radius 3 is 2.55 bits per heavy atom. The fourth-order valence-electron chi connectivity index (χ4n) is 3.98. The SMILES string of the molecule is Oc1c2c(nn1-c1ccc(C(F)(F)F)cn1)CCN(Cc1ccc3ccccc3c1)C2. The van der Waals surface area contributed by atoms with E-state index >= 15 is 0 Å². The van der Waals surface area contributed by atoms with Crippen LogP contribution in [0.15, 0.2) is 60.8 Å². The maximum Gasteiger partial charge on any atom is 0.417 e. The molecule has 5 rings (SSSR count). The Morgan fingerprint density at radius 2 is 1.81 bits per heavy atom. The number of nitrogens with zero attached hydrogens (tertiary/aromatic N) is 4. The normalized spacial score (nSPS) is 14.7. The summed E-state index contributed by atoms with van der Waals surface area (Å²) in [6, 6.07) is 16.7. The molecule has 5 nitrogen and oxygen atoms in total. The van der Waals surface area contributed by atoms with E-state index in [9.17, 15) is 18.3 Å². The summed E-state index contributed by atoms with van der Waals surface area (Å²) in [5.41, 5.74) is 1.77. The molecule has 0 fully saturated rings. The quantitative estimate of drug-likeness (QED) is 0.518. The first-order valence-electron chi connectivity index (χ1n) is 9.92. The smallest absolute Gasteiger partial charge is 0.417 e. The van der Waals surface area contributed by atoms with E-state index in [4.69, 9.17) is 0 Å². The second-order valence-corrected chi connectivity index (χ2v) is 7.71. The Kier molecular flexibility index (Phi) is 4.66. The summed E-state index contributed by atoms with van der Waals surface area (Å²) >= 11 is 0. The Labute approximate surface area is 176 Å². The molecule has 2 aromatic carbocycles. The van der Waals surface area contributed by atoms with Crippen molar-refractivity contribution in [1.29, 1.82) is 0 Å². The maximum atomic E-state index is 12.8. The van der Waals surface area contributed by atoms with Crippen LogP contribution < -0.4 is 0 Å². The molecule has 0 saturated carbocycles. The first-order valence-corrected chi connectivity index (χ1v) is 9.92. The van der Waals surface area contributed by atoms with Gasteiger partial charge in [0.25, 0.3) is 0 Å². The minimum atomic E-state index is -4.46. The fourth-order valence-corrected chi connectivity index (χ4v) is 3.98. The van der Waals surface area contributed by atoms with Gasteiger partial charge in [-0.25, -0.2) is 4.98 Å². The minimum Gasteiger partial charge on any atom is -0.493 e. The zero-order valence-corrected chi connectivity index (χ0v) is 16.5. The van der Waals surface area contributed by atoms with Crippen molar-refractivity contribution in [3.05, 3.63) is 83.2 Å². The van der Waals surface area contributed by atoms with Gasteiger partial charge in [-0.2, -0.15) is 23.0 Å². The van der Waals surface area contributed by atoms with Crippen LogP contribution >= 0.6 is 0 Å². The second-order valence-electron chi connectivity index (χ2n) is 7.71. The van der Waals surface area contributed by atoms with E-state index in [1.54, 1.807) is 0 Å². The van der Waals surface area contributed by atoms with Crippen LogP contribution in [0.2, 0.25) is 0 Å². The van der Waals surface area contributed by atoms with Crippen LogP contribution in [0.3, 0.4) is 0 Å². The summed E-state index contributed by atoms with van der Waals surface area (Å²) in [5, 5.41) is 17.5. The number of pyridine rings is 1. The predicted octanol–water partition coefficient (Wildman–Crippen LogP) is 4.70. The number of rotatable bonds is 3. The number of aromatic hydroxyl groups is 1. The largest absolute Gasteiger partial charge is 0.493 e. The molecule has 0 unspecified atom stereocenters. The van der Waals surface area contributed by atoms with Gasteiger partial charge >= 0.3 is 6.18 Å². The molecule has 1 aliphatic heterocycles. The van der Waals surface area contributed by atoms with Gasteiger partial charge in [-0.1, -0.05) is 36.4 Å². The Hall–Kier alpha value is -3.39. The van der Waals surface area contributed by atoms with Crippen molar-refractivity contribution >= 4 is 10.8 Å². The summed E-state index contributed by atoms with van der Waals surface area (Å²) in [5.74, 6) is 0.0754. The molecule has 0 radical (unpaired) electrons. The van der Waals surface area contributed by atoms with Gasteiger partial charge in [0.15, 0.2) is 5.82 Å². The van der Waals surface area contributed by atoms with Gasteiger partial charge in [0, 0.05) is 32.3 Å². The lowest BCUT2D eigenvalue weighted by Crippen LogP contribution is -2.29. The molecule has 0 atom stereocenters. The number of halogens is 3. The Morgan fingerprint density at radius 1 is 1.00 bits per heavy atom. The van der Waals surface area contributed by atoms with Crippen molar-refractivity contribution in [2.45, 2.75) is 25.7 Å². The number of aromatic nitrogens is 3. The number of alkyl halides is 3. The Balaban J connectivity index is 1.37.